The average Bonchev–Trinajstić information content (AvgIpc) is 3.26. The molecule has 0 unspecified atom stereocenters. The smallest absolute Gasteiger partial charge is 0.263 e. The van der Waals surface area contributed by atoms with Crippen LogP contribution in [0.1, 0.15) is 18.2 Å². The number of hydrogen-bond donors (Lipinski definition) is 1. The molecule has 2 heterocycles. The van der Waals surface area contributed by atoms with Crippen molar-refractivity contribution in [3.05, 3.63) is 78.0 Å². The van der Waals surface area contributed by atoms with Gasteiger partial charge in [-0.15, -0.1) is 0 Å². The van der Waals surface area contributed by atoms with Gasteiger partial charge in [-0.2, -0.15) is 4.98 Å². The Balaban J connectivity index is 1.66. The number of nitrogens with one attached hydrogen (secondary N) is 1. The van der Waals surface area contributed by atoms with Crippen LogP contribution in [-0.2, 0) is 16.1 Å². The second-order valence-corrected chi connectivity index (χ2v) is 6.34. The number of carbonyl (C=O) groups excluding carboxylic acids is 2. The van der Waals surface area contributed by atoms with Gasteiger partial charge in [0.2, 0.25) is 5.88 Å². The van der Waals surface area contributed by atoms with Crippen LogP contribution in [0.5, 0.6) is 5.88 Å². The molecule has 0 radical (unpaired) electrons. The Morgan fingerprint density at radius 2 is 1.68 bits per heavy atom. The molecule has 0 saturated heterocycles. The Morgan fingerprint density at radius 3 is 2.36 bits per heavy atom. The fourth-order valence-corrected chi connectivity index (χ4v) is 3.12. The van der Waals surface area contributed by atoms with Crippen molar-refractivity contribution in [1.82, 2.24) is 14.9 Å². The first-order valence-electron chi connectivity index (χ1n) is 9.07. The monoisotopic (exact) mass is 373 g/mol. The van der Waals surface area contributed by atoms with E-state index < -0.39 is 0 Å². The van der Waals surface area contributed by atoms with Crippen molar-refractivity contribution in [3.63, 3.8) is 0 Å². The van der Waals surface area contributed by atoms with Crippen molar-refractivity contribution < 1.29 is 14.3 Å². The minimum Gasteiger partial charge on any atom is -0.476 e. The molecule has 2 amide bonds. The van der Waals surface area contributed by atoms with Crippen LogP contribution in [0.2, 0.25) is 0 Å². The lowest BCUT2D eigenvalue weighted by Gasteiger charge is -2.14. The van der Waals surface area contributed by atoms with Crippen molar-refractivity contribution >= 4 is 17.4 Å². The lowest BCUT2D eigenvalue weighted by Crippen LogP contribution is -2.30. The third-order valence-corrected chi connectivity index (χ3v) is 4.46. The molecular weight excluding hydrogens is 354 g/mol. The summed E-state index contributed by atoms with van der Waals surface area (Å²) in [6.45, 7) is 2.47. The molecular formula is C22H19N3O3. The number of aromatic amines is 1. The quantitative estimate of drug-likeness (QED) is 0.672. The molecule has 0 spiro atoms. The van der Waals surface area contributed by atoms with Gasteiger partial charge in [-0.3, -0.25) is 14.5 Å². The molecule has 1 aromatic heterocycles. The summed E-state index contributed by atoms with van der Waals surface area (Å²) in [6.07, 6.45) is 1.34. The molecule has 0 aliphatic carbocycles. The van der Waals surface area contributed by atoms with Crippen LogP contribution in [0.25, 0.3) is 17.0 Å². The fourth-order valence-electron chi connectivity index (χ4n) is 3.12. The summed E-state index contributed by atoms with van der Waals surface area (Å²) >= 11 is 0. The van der Waals surface area contributed by atoms with Crippen molar-refractivity contribution in [3.8, 4) is 17.3 Å². The SMILES string of the molecule is CCOc1nc(-c2ccccc2)[nH]c1C1=CC(=O)N(Cc2ccccc2)C1=O. The maximum absolute atomic E-state index is 13.0. The van der Waals surface area contributed by atoms with Gasteiger partial charge in [0, 0.05) is 11.6 Å². The average molecular weight is 373 g/mol. The van der Waals surface area contributed by atoms with E-state index in [2.05, 4.69) is 9.97 Å². The van der Waals surface area contributed by atoms with Crippen LogP contribution in [0.3, 0.4) is 0 Å². The summed E-state index contributed by atoms with van der Waals surface area (Å²) in [5, 5.41) is 0. The third kappa shape index (κ3) is 3.32. The van der Waals surface area contributed by atoms with E-state index in [0.717, 1.165) is 11.1 Å². The number of aromatic nitrogens is 2. The Labute approximate surface area is 162 Å². The number of hydrogen-bond acceptors (Lipinski definition) is 4. The van der Waals surface area contributed by atoms with Crippen LogP contribution in [0.4, 0.5) is 0 Å². The number of imide groups is 1. The van der Waals surface area contributed by atoms with E-state index >= 15 is 0 Å². The molecule has 1 N–H and O–H groups in total. The number of benzene rings is 2. The molecule has 0 bridgehead atoms. The fraction of sp³-hybridized carbons (Fsp3) is 0.136. The first-order chi connectivity index (χ1) is 13.7. The van der Waals surface area contributed by atoms with Gasteiger partial charge in [0.15, 0.2) is 0 Å². The highest BCUT2D eigenvalue weighted by Gasteiger charge is 2.35. The van der Waals surface area contributed by atoms with Crippen LogP contribution in [-0.4, -0.2) is 33.3 Å². The topological polar surface area (TPSA) is 75.3 Å². The molecule has 6 heteroatoms. The number of imidazole rings is 1. The Bertz CT molecular complexity index is 1040. The molecule has 3 aromatic rings. The van der Waals surface area contributed by atoms with E-state index in [0.29, 0.717) is 24.0 Å². The van der Waals surface area contributed by atoms with Gasteiger partial charge in [0.05, 0.1) is 18.7 Å². The summed E-state index contributed by atoms with van der Waals surface area (Å²) in [5.74, 6) is 0.192. The molecule has 0 atom stereocenters. The molecule has 1 aliphatic rings. The largest absolute Gasteiger partial charge is 0.476 e. The highest BCUT2D eigenvalue weighted by molar-refractivity contribution is 6.33. The highest BCUT2D eigenvalue weighted by atomic mass is 16.5. The van der Waals surface area contributed by atoms with Crippen LogP contribution >= 0.6 is 0 Å². The minimum absolute atomic E-state index is 0.224. The number of ether oxygens (including phenoxy) is 1. The van der Waals surface area contributed by atoms with Gasteiger partial charge in [-0.25, -0.2) is 0 Å². The van der Waals surface area contributed by atoms with E-state index in [1.54, 1.807) is 0 Å². The van der Waals surface area contributed by atoms with Gasteiger partial charge in [-0.1, -0.05) is 60.7 Å². The van der Waals surface area contributed by atoms with E-state index in [1.165, 1.54) is 11.0 Å². The molecule has 0 saturated carbocycles. The summed E-state index contributed by atoms with van der Waals surface area (Å²) in [7, 11) is 0. The summed E-state index contributed by atoms with van der Waals surface area (Å²) < 4.78 is 5.62. The van der Waals surface area contributed by atoms with Crippen molar-refractivity contribution in [2.75, 3.05) is 6.61 Å². The number of H-pyrrole nitrogens is 1. The van der Waals surface area contributed by atoms with Crippen molar-refractivity contribution in [2.45, 2.75) is 13.5 Å². The van der Waals surface area contributed by atoms with Crippen LogP contribution < -0.4 is 4.74 Å². The number of nitrogens with zero attached hydrogens (tertiary/aromatic N) is 2. The predicted molar refractivity (Wildman–Crippen MR) is 105 cm³/mol. The molecule has 6 nitrogen and oxygen atoms in total. The third-order valence-electron chi connectivity index (χ3n) is 4.46. The normalized spacial score (nSPS) is 13.8. The van der Waals surface area contributed by atoms with E-state index in [9.17, 15) is 9.59 Å². The van der Waals surface area contributed by atoms with Gasteiger partial charge >= 0.3 is 0 Å². The number of rotatable bonds is 6. The molecule has 140 valence electrons. The van der Waals surface area contributed by atoms with Gasteiger partial charge in [0.25, 0.3) is 11.8 Å². The number of carbonyl (C=O) groups is 2. The molecule has 2 aromatic carbocycles. The zero-order valence-electron chi connectivity index (χ0n) is 15.4. The van der Waals surface area contributed by atoms with Gasteiger partial charge in [0.1, 0.15) is 11.5 Å². The van der Waals surface area contributed by atoms with Gasteiger partial charge < -0.3 is 9.72 Å². The van der Waals surface area contributed by atoms with Crippen molar-refractivity contribution in [1.29, 1.82) is 0 Å². The van der Waals surface area contributed by atoms with Crippen molar-refractivity contribution in [2.24, 2.45) is 0 Å². The lowest BCUT2D eigenvalue weighted by atomic mass is 10.2. The van der Waals surface area contributed by atoms with E-state index in [4.69, 9.17) is 4.74 Å². The predicted octanol–water partition coefficient (Wildman–Crippen LogP) is 3.43. The summed E-state index contributed by atoms with van der Waals surface area (Å²) in [5.41, 5.74) is 2.44. The van der Waals surface area contributed by atoms with Gasteiger partial charge in [-0.05, 0) is 12.5 Å². The number of amides is 2. The first kappa shape index (κ1) is 17.7. The first-order valence-corrected chi connectivity index (χ1v) is 9.07. The minimum atomic E-state index is -0.363. The molecule has 1 aliphatic heterocycles. The van der Waals surface area contributed by atoms with Crippen LogP contribution in [0.15, 0.2) is 66.7 Å². The molecule has 0 fully saturated rings. The Kier molecular flexibility index (Phi) is 4.76. The standard InChI is InChI=1S/C22H19N3O3/c1-2-28-21-19(23-20(24-21)16-11-7-4-8-12-16)17-13-18(26)25(22(17)27)14-15-9-5-3-6-10-15/h3-13H,2,14H2,1H3,(H,23,24). The maximum atomic E-state index is 13.0. The second kappa shape index (κ2) is 7.52. The van der Waals surface area contributed by atoms with E-state index in [-0.39, 0.29) is 23.9 Å². The molecule has 4 rings (SSSR count). The Morgan fingerprint density at radius 1 is 1.00 bits per heavy atom. The van der Waals surface area contributed by atoms with Crippen LogP contribution in [0, 0.1) is 0 Å². The lowest BCUT2D eigenvalue weighted by molar-refractivity contribution is -0.137. The Hall–Kier alpha value is -3.67. The highest BCUT2D eigenvalue weighted by Crippen LogP contribution is 2.32. The maximum Gasteiger partial charge on any atom is 0.263 e. The summed E-state index contributed by atoms with van der Waals surface area (Å²) in [6, 6.07) is 19.0. The zero-order valence-corrected chi connectivity index (χ0v) is 15.4. The second-order valence-electron chi connectivity index (χ2n) is 6.34. The summed E-state index contributed by atoms with van der Waals surface area (Å²) in [4.78, 5) is 34.3. The van der Waals surface area contributed by atoms with E-state index in [1.807, 2.05) is 67.6 Å². The zero-order chi connectivity index (χ0) is 19.5. The molecule has 28 heavy (non-hydrogen) atoms.